The zero-order valence-electron chi connectivity index (χ0n) is 18.0. The Balaban J connectivity index is 1.85. The van der Waals surface area contributed by atoms with Crippen molar-refractivity contribution in [2.24, 2.45) is 0 Å². The van der Waals surface area contributed by atoms with E-state index >= 15 is 0 Å². The fraction of sp³-hybridized carbons (Fsp3) is 0.200. The van der Waals surface area contributed by atoms with E-state index < -0.39 is 29.5 Å². The standard InChI is InChI=1S/C25H18BrClF3NO3/c1-14-6-8-22(34-21-9-7-17(12-20(21)27)25(28,29)30)23(10-14)33-15(2)24(32)19(13-31)16-4-3-5-18(26)11-16/h3-12,15,19H,1-2H3. The van der Waals surface area contributed by atoms with Crippen LogP contribution in [0, 0.1) is 18.3 Å². The number of ketones is 1. The van der Waals surface area contributed by atoms with Crippen molar-refractivity contribution >= 4 is 33.3 Å². The maximum absolute atomic E-state index is 13.0. The summed E-state index contributed by atoms with van der Waals surface area (Å²) in [6, 6.07) is 16.5. The largest absolute Gasteiger partial charge is 0.479 e. The van der Waals surface area contributed by atoms with Crippen molar-refractivity contribution < 1.29 is 27.4 Å². The third kappa shape index (κ3) is 6.10. The van der Waals surface area contributed by atoms with Gasteiger partial charge in [0, 0.05) is 4.47 Å². The molecule has 3 rings (SSSR count). The zero-order valence-corrected chi connectivity index (χ0v) is 20.3. The van der Waals surface area contributed by atoms with Crippen molar-refractivity contribution in [2.45, 2.75) is 32.0 Å². The van der Waals surface area contributed by atoms with Gasteiger partial charge in [-0.1, -0.05) is 45.7 Å². The van der Waals surface area contributed by atoms with Crippen LogP contribution in [-0.2, 0) is 11.0 Å². The van der Waals surface area contributed by atoms with E-state index in [-0.39, 0.29) is 22.3 Å². The summed E-state index contributed by atoms with van der Waals surface area (Å²) in [5.74, 6) is -1.18. The van der Waals surface area contributed by atoms with Crippen LogP contribution in [0.15, 0.2) is 65.1 Å². The molecule has 0 saturated heterocycles. The molecule has 0 N–H and O–H groups in total. The number of carbonyl (C=O) groups is 1. The number of hydrogen-bond donors (Lipinski definition) is 0. The van der Waals surface area contributed by atoms with Gasteiger partial charge in [-0.25, -0.2) is 0 Å². The number of nitrogens with zero attached hydrogens (tertiary/aromatic N) is 1. The molecule has 0 aliphatic heterocycles. The van der Waals surface area contributed by atoms with Gasteiger partial charge in [0.2, 0.25) is 0 Å². The van der Waals surface area contributed by atoms with Gasteiger partial charge in [0.05, 0.1) is 16.7 Å². The number of carbonyl (C=O) groups excluding carboxylic acids is 1. The predicted molar refractivity (Wildman–Crippen MR) is 125 cm³/mol. The molecule has 9 heteroatoms. The molecule has 0 bridgehead atoms. The fourth-order valence-electron chi connectivity index (χ4n) is 3.14. The van der Waals surface area contributed by atoms with Crippen LogP contribution in [-0.4, -0.2) is 11.9 Å². The SMILES string of the molecule is Cc1ccc(Oc2ccc(C(F)(F)F)cc2Cl)c(OC(C)C(=O)C(C#N)c2cccc(Br)c2)c1. The van der Waals surface area contributed by atoms with Crippen molar-refractivity contribution in [1.82, 2.24) is 0 Å². The summed E-state index contributed by atoms with van der Waals surface area (Å²) in [6.45, 7) is 3.32. The molecule has 3 aromatic carbocycles. The normalized spacial score (nSPS) is 13.0. The molecule has 34 heavy (non-hydrogen) atoms. The number of benzene rings is 3. The van der Waals surface area contributed by atoms with Gasteiger partial charge in [0.1, 0.15) is 11.7 Å². The molecular weight excluding hydrogens is 535 g/mol. The molecule has 0 aliphatic carbocycles. The smallest absolute Gasteiger partial charge is 0.416 e. The van der Waals surface area contributed by atoms with Crippen LogP contribution in [0.4, 0.5) is 13.2 Å². The van der Waals surface area contributed by atoms with Crippen LogP contribution < -0.4 is 9.47 Å². The molecule has 0 heterocycles. The number of Topliss-reactive ketones (excluding diaryl/α,β-unsaturated/α-hetero) is 1. The molecule has 2 unspecified atom stereocenters. The van der Waals surface area contributed by atoms with E-state index in [1.165, 1.54) is 6.92 Å². The lowest BCUT2D eigenvalue weighted by molar-refractivity contribution is -0.137. The molecule has 0 aromatic heterocycles. The maximum Gasteiger partial charge on any atom is 0.416 e. The molecule has 176 valence electrons. The van der Waals surface area contributed by atoms with E-state index in [9.17, 15) is 23.2 Å². The molecular formula is C25H18BrClF3NO3. The summed E-state index contributed by atoms with van der Waals surface area (Å²) >= 11 is 9.33. The highest BCUT2D eigenvalue weighted by molar-refractivity contribution is 9.10. The summed E-state index contributed by atoms with van der Waals surface area (Å²) in [4.78, 5) is 13.0. The third-order valence-electron chi connectivity index (χ3n) is 4.88. The number of halogens is 5. The Kier molecular flexibility index (Phi) is 7.90. The van der Waals surface area contributed by atoms with Crippen LogP contribution in [0.3, 0.4) is 0 Å². The van der Waals surface area contributed by atoms with Gasteiger partial charge in [0.25, 0.3) is 0 Å². The van der Waals surface area contributed by atoms with E-state index in [0.717, 1.165) is 28.2 Å². The number of alkyl halides is 3. The van der Waals surface area contributed by atoms with Crippen molar-refractivity contribution in [3.8, 4) is 23.3 Å². The number of nitriles is 1. The highest BCUT2D eigenvalue weighted by atomic mass is 79.9. The van der Waals surface area contributed by atoms with Gasteiger partial charge in [-0.15, -0.1) is 0 Å². The lowest BCUT2D eigenvalue weighted by Crippen LogP contribution is -2.29. The maximum atomic E-state index is 13.0. The monoisotopic (exact) mass is 551 g/mol. The molecule has 0 aliphatic rings. The number of rotatable bonds is 7. The van der Waals surface area contributed by atoms with Crippen molar-refractivity contribution in [3.05, 3.63) is 86.8 Å². The first-order valence-corrected chi connectivity index (χ1v) is 11.2. The zero-order chi connectivity index (χ0) is 25.0. The number of hydrogen-bond acceptors (Lipinski definition) is 4. The van der Waals surface area contributed by atoms with Gasteiger partial charge in [-0.3, -0.25) is 4.79 Å². The predicted octanol–water partition coefficient (Wildman–Crippen LogP) is 7.87. The van der Waals surface area contributed by atoms with Crippen LogP contribution in [0.2, 0.25) is 5.02 Å². The number of aryl methyl sites for hydroxylation is 1. The van der Waals surface area contributed by atoms with Crippen LogP contribution in [0.25, 0.3) is 0 Å². The van der Waals surface area contributed by atoms with E-state index in [1.807, 2.05) is 6.07 Å². The first-order valence-electron chi connectivity index (χ1n) is 10.0. The van der Waals surface area contributed by atoms with Gasteiger partial charge in [-0.2, -0.15) is 18.4 Å². The summed E-state index contributed by atoms with van der Waals surface area (Å²) in [7, 11) is 0. The van der Waals surface area contributed by atoms with Gasteiger partial charge < -0.3 is 9.47 Å². The van der Waals surface area contributed by atoms with Crippen LogP contribution >= 0.6 is 27.5 Å². The van der Waals surface area contributed by atoms with E-state index in [2.05, 4.69) is 15.9 Å². The summed E-state index contributed by atoms with van der Waals surface area (Å²) in [6.07, 6.45) is -5.56. The Hall–Kier alpha value is -3.02. The molecule has 0 spiro atoms. The van der Waals surface area contributed by atoms with Crippen molar-refractivity contribution in [1.29, 1.82) is 5.26 Å². The topological polar surface area (TPSA) is 59.3 Å². The molecule has 3 aromatic rings. The minimum Gasteiger partial charge on any atom is -0.479 e. The first-order chi connectivity index (χ1) is 16.0. The second-order valence-electron chi connectivity index (χ2n) is 7.47. The van der Waals surface area contributed by atoms with Crippen molar-refractivity contribution in [2.75, 3.05) is 0 Å². The summed E-state index contributed by atoms with van der Waals surface area (Å²) in [5, 5.41) is 9.37. The van der Waals surface area contributed by atoms with E-state index in [1.54, 1.807) is 49.4 Å². The van der Waals surface area contributed by atoms with E-state index in [4.69, 9.17) is 21.1 Å². The quantitative estimate of drug-likeness (QED) is 0.299. The lowest BCUT2D eigenvalue weighted by Gasteiger charge is -2.20. The average molecular weight is 553 g/mol. The minimum atomic E-state index is -4.54. The van der Waals surface area contributed by atoms with Gasteiger partial charge in [0.15, 0.2) is 23.4 Å². The second-order valence-corrected chi connectivity index (χ2v) is 8.80. The number of ether oxygens (including phenoxy) is 2. The van der Waals surface area contributed by atoms with Crippen molar-refractivity contribution in [3.63, 3.8) is 0 Å². The molecule has 0 fully saturated rings. The highest BCUT2D eigenvalue weighted by Gasteiger charge is 2.31. The Morgan fingerprint density at radius 3 is 2.38 bits per heavy atom. The first kappa shape index (κ1) is 25.6. The highest BCUT2D eigenvalue weighted by Crippen LogP contribution is 2.39. The minimum absolute atomic E-state index is 0.00798. The van der Waals surface area contributed by atoms with Crippen LogP contribution in [0.5, 0.6) is 17.2 Å². The molecule has 0 saturated carbocycles. The van der Waals surface area contributed by atoms with Gasteiger partial charge in [-0.05, 0) is 67.4 Å². The average Bonchev–Trinajstić information content (AvgIpc) is 2.76. The summed E-state index contributed by atoms with van der Waals surface area (Å²) < 4.78 is 51.1. The molecule has 0 amide bonds. The van der Waals surface area contributed by atoms with Crippen LogP contribution in [0.1, 0.15) is 29.5 Å². The molecule has 2 atom stereocenters. The summed E-state index contributed by atoms with van der Waals surface area (Å²) in [5.41, 5.74) is 0.415. The van der Waals surface area contributed by atoms with E-state index in [0.29, 0.717) is 5.56 Å². The Morgan fingerprint density at radius 1 is 1.06 bits per heavy atom. The Bertz CT molecular complexity index is 1260. The Morgan fingerprint density at radius 2 is 1.76 bits per heavy atom. The lowest BCUT2D eigenvalue weighted by atomic mass is 9.93. The molecule has 4 nitrogen and oxygen atoms in total. The molecule has 0 radical (unpaired) electrons. The van der Waals surface area contributed by atoms with Gasteiger partial charge >= 0.3 is 6.18 Å². The Labute approximate surface area is 208 Å². The fourth-order valence-corrected chi connectivity index (χ4v) is 3.78. The second kappa shape index (κ2) is 10.5. The third-order valence-corrected chi connectivity index (χ3v) is 5.67.